The first kappa shape index (κ1) is 13.6. The van der Waals surface area contributed by atoms with Crippen molar-refractivity contribution in [3.05, 3.63) is 64.4 Å². The minimum absolute atomic E-state index is 0.0243. The summed E-state index contributed by atoms with van der Waals surface area (Å²) in [6.45, 7) is 0.544. The third kappa shape index (κ3) is 2.07. The smallest absolute Gasteiger partial charge is 0.166 e. The van der Waals surface area contributed by atoms with Gasteiger partial charge in [0.25, 0.3) is 0 Å². The summed E-state index contributed by atoms with van der Waals surface area (Å²) in [5.74, 6) is 1.57. The Morgan fingerprint density at radius 3 is 2.86 bits per heavy atom. The zero-order valence-electron chi connectivity index (χ0n) is 11.4. The molecule has 1 atom stereocenters. The zero-order chi connectivity index (χ0) is 15.1. The van der Waals surface area contributed by atoms with Crippen LogP contribution < -0.4 is 4.74 Å². The molecule has 0 spiro atoms. The maximum atomic E-state index is 6.32. The summed E-state index contributed by atoms with van der Waals surface area (Å²) >= 11 is 12.4. The fourth-order valence-electron chi connectivity index (χ4n) is 2.72. The third-order valence-electron chi connectivity index (χ3n) is 3.78. The normalized spacial score (nSPS) is 16.4. The van der Waals surface area contributed by atoms with Crippen molar-refractivity contribution in [3.63, 3.8) is 0 Å². The van der Waals surface area contributed by atoms with Crippen LogP contribution in [0.1, 0.15) is 11.6 Å². The van der Waals surface area contributed by atoms with E-state index in [0.717, 1.165) is 16.9 Å². The Labute approximate surface area is 137 Å². The van der Waals surface area contributed by atoms with Gasteiger partial charge in [-0.3, -0.25) is 0 Å². The Morgan fingerprint density at radius 2 is 1.95 bits per heavy atom. The minimum atomic E-state index is 0.0243. The molecule has 2 aromatic carbocycles. The average molecular weight is 332 g/mol. The van der Waals surface area contributed by atoms with Crippen LogP contribution >= 0.6 is 23.2 Å². The van der Waals surface area contributed by atoms with Crippen LogP contribution in [0.3, 0.4) is 0 Å². The van der Waals surface area contributed by atoms with Crippen molar-refractivity contribution in [1.82, 2.24) is 14.8 Å². The van der Waals surface area contributed by atoms with E-state index in [2.05, 4.69) is 16.3 Å². The van der Waals surface area contributed by atoms with Gasteiger partial charge in [0.15, 0.2) is 5.82 Å². The van der Waals surface area contributed by atoms with E-state index in [1.165, 1.54) is 0 Å². The van der Waals surface area contributed by atoms with Crippen LogP contribution in [0.25, 0.3) is 11.4 Å². The van der Waals surface area contributed by atoms with Crippen LogP contribution in [0.15, 0.2) is 48.8 Å². The quantitative estimate of drug-likeness (QED) is 0.705. The van der Waals surface area contributed by atoms with Gasteiger partial charge in [-0.25, -0.2) is 0 Å². The highest BCUT2D eigenvalue weighted by atomic mass is 35.5. The molecule has 1 aromatic heterocycles. The molecule has 110 valence electrons. The standard InChI is InChI=1S/C16H11Cl2N3O/c17-12-6-3-5-11(15(12)18)16-20-19-9-21(16)13-8-22-14-7-2-1-4-10(13)14/h1-7,9,13H,8H2. The lowest BCUT2D eigenvalue weighted by atomic mass is 10.1. The molecule has 0 saturated carbocycles. The molecule has 4 nitrogen and oxygen atoms in total. The molecule has 22 heavy (non-hydrogen) atoms. The molecular weight excluding hydrogens is 321 g/mol. The molecule has 0 saturated heterocycles. The van der Waals surface area contributed by atoms with E-state index in [1.807, 2.05) is 34.9 Å². The molecule has 6 heteroatoms. The van der Waals surface area contributed by atoms with Crippen molar-refractivity contribution in [2.24, 2.45) is 0 Å². The summed E-state index contributed by atoms with van der Waals surface area (Å²) in [4.78, 5) is 0. The molecule has 1 aliphatic rings. The van der Waals surface area contributed by atoms with E-state index < -0.39 is 0 Å². The van der Waals surface area contributed by atoms with Crippen LogP contribution in [-0.2, 0) is 0 Å². The number of hydrogen-bond acceptors (Lipinski definition) is 3. The predicted octanol–water partition coefficient (Wildman–Crippen LogP) is 4.23. The molecule has 0 aliphatic carbocycles. The zero-order valence-corrected chi connectivity index (χ0v) is 12.9. The van der Waals surface area contributed by atoms with E-state index in [9.17, 15) is 0 Å². The van der Waals surface area contributed by atoms with Gasteiger partial charge in [0, 0.05) is 11.1 Å². The molecule has 0 fully saturated rings. The van der Waals surface area contributed by atoms with Gasteiger partial charge in [-0.1, -0.05) is 47.5 Å². The number of hydrogen-bond donors (Lipinski definition) is 0. The van der Waals surface area contributed by atoms with Gasteiger partial charge in [-0.15, -0.1) is 10.2 Å². The van der Waals surface area contributed by atoms with Crippen molar-refractivity contribution >= 4 is 23.2 Å². The Hall–Kier alpha value is -2.04. The molecule has 4 rings (SSSR count). The lowest BCUT2D eigenvalue weighted by Gasteiger charge is -2.14. The second-order valence-corrected chi connectivity index (χ2v) is 5.81. The van der Waals surface area contributed by atoms with Gasteiger partial charge >= 0.3 is 0 Å². The van der Waals surface area contributed by atoms with Gasteiger partial charge in [-0.05, 0) is 18.2 Å². The van der Waals surface area contributed by atoms with E-state index >= 15 is 0 Å². The first-order valence-corrected chi connectivity index (χ1v) is 7.57. The summed E-state index contributed by atoms with van der Waals surface area (Å²) in [7, 11) is 0. The Kier molecular flexibility index (Phi) is 3.28. The predicted molar refractivity (Wildman–Crippen MR) is 85.6 cm³/mol. The monoisotopic (exact) mass is 331 g/mol. The lowest BCUT2D eigenvalue weighted by molar-refractivity contribution is 0.317. The fourth-order valence-corrected chi connectivity index (χ4v) is 3.10. The molecular formula is C16H11Cl2N3O. The molecule has 1 unspecified atom stereocenters. The van der Waals surface area contributed by atoms with E-state index in [-0.39, 0.29) is 6.04 Å². The first-order chi connectivity index (χ1) is 10.8. The van der Waals surface area contributed by atoms with E-state index in [4.69, 9.17) is 27.9 Å². The van der Waals surface area contributed by atoms with Crippen molar-refractivity contribution in [2.45, 2.75) is 6.04 Å². The summed E-state index contributed by atoms with van der Waals surface area (Å²) in [6.07, 6.45) is 1.70. The Balaban J connectivity index is 1.84. The molecule has 0 amide bonds. The number of aromatic nitrogens is 3. The summed E-state index contributed by atoms with van der Waals surface area (Å²) in [6, 6.07) is 13.5. The van der Waals surface area contributed by atoms with Gasteiger partial charge in [0.05, 0.1) is 16.1 Å². The maximum Gasteiger partial charge on any atom is 0.166 e. The van der Waals surface area contributed by atoms with Crippen molar-refractivity contribution in [1.29, 1.82) is 0 Å². The molecule has 1 aliphatic heterocycles. The number of fused-ring (bicyclic) bond motifs is 1. The summed E-state index contributed by atoms with van der Waals surface area (Å²) < 4.78 is 7.72. The van der Waals surface area contributed by atoms with Crippen molar-refractivity contribution in [2.75, 3.05) is 6.61 Å². The Morgan fingerprint density at radius 1 is 1.09 bits per heavy atom. The summed E-state index contributed by atoms with van der Waals surface area (Å²) in [5, 5.41) is 9.24. The molecule has 0 N–H and O–H groups in total. The van der Waals surface area contributed by atoms with Crippen LogP contribution in [0.2, 0.25) is 10.0 Å². The SMILES string of the molecule is Clc1cccc(-c2nncn2C2COc3ccccc32)c1Cl. The number of rotatable bonds is 2. The number of ether oxygens (including phenoxy) is 1. The van der Waals surface area contributed by atoms with Crippen molar-refractivity contribution in [3.8, 4) is 17.1 Å². The summed E-state index contributed by atoms with van der Waals surface area (Å²) in [5.41, 5.74) is 1.87. The van der Waals surface area contributed by atoms with Crippen LogP contribution in [0.5, 0.6) is 5.75 Å². The highest BCUT2D eigenvalue weighted by Gasteiger charge is 2.28. The average Bonchev–Trinajstić information content (AvgIpc) is 3.16. The number of benzene rings is 2. The van der Waals surface area contributed by atoms with Gasteiger partial charge in [0.2, 0.25) is 0 Å². The maximum absolute atomic E-state index is 6.32. The van der Waals surface area contributed by atoms with Gasteiger partial charge in [0.1, 0.15) is 18.7 Å². The minimum Gasteiger partial charge on any atom is -0.491 e. The second-order valence-electron chi connectivity index (χ2n) is 5.03. The molecule has 0 radical (unpaired) electrons. The molecule has 2 heterocycles. The van der Waals surface area contributed by atoms with Gasteiger partial charge < -0.3 is 9.30 Å². The van der Waals surface area contributed by atoms with Crippen molar-refractivity contribution < 1.29 is 4.74 Å². The third-order valence-corrected chi connectivity index (χ3v) is 4.59. The molecule has 3 aromatic rings. The Bertz CT molecular complexity index is 847. The van der Waals surface area contributed by atoms with Crippen LogP contribution in [0, 0.1) is 0 Å². The van der Waals surface area contributed by atoms with Crippen LogP contribution in [0.4, 0.5) is 0 Å². The van der Waals surface area contributed by atoms with E-state index in [0.29, 0.717) is 22.5 Å². The number of nitrogens with zero attached hydrogens (tertiary/aromatic N) is 3. The highest BCUT2D eigenvalue weighted by Crippen LogP contribution is 2.38. The highest BCUT2D eigenvalue weighted by molar-refractivity contribution is 6.43. The molecule has 0 bridgehead atoms. The van der Waals surface area contributed by atoms with Crippen LogP contribution in [-0.4, -0.2) is 21.4 Å². The lowest BCUT2D eigenvalue weighted by Crippen LogP contribution is -2.12. The first-order valence-electron chi connectivity index (χ1n) is 6.81. The number of halogens is 2. The van der Waals surface area contributed by atoms with E-state index in [1.54, 1.807) is 12.4 Å². The number of para-hydroxylation sites is 1. The largest absolute Gasteiger partial charge is 0.491 e. The topological polar surface area (TPSA) is 39.9 Å². The fraction of sp³-hybridized carbons (Fsp3) is 0.125. The van der Waals surface area contributed by atoms with Gasteiger partial charge in [-0.2, -0.15) is 0 Å². The second kappa shape index (κ2) is 5.30.